The normalized spacial score (nSPS) is 19.9. The summed E-state index contributed by atoms with van der Waals surface area (Å²) in [6.07, 6.45) is 5.46. The lowest BCUT2D eigenvalue weighted by Gasteiger charge is -2.41. The van der Waals surface area contributed by atoms with Crippen molar-refractivity contribution >= 4 is 5.91 Å². The summed E-state index contributed by atoms with van der Waals surface area (Å²) in [6.45, 7) is 3.36. The summed E-state index contributed by atoms with van der Waals surface area (Å²) < 4.78 is 5.96. The molecular formula is C19H21N3O2. The van der Waals surface area contributed by atoms with Gasteiger partial charge in [-0.15, -0.1) is 0 Å². The Morgan fingerprint density at radius 1 is 1.12 bits per heavy atom. The van der Waals surface area contributed by atoms with Crippen LogP contribution in [0.15, 0.2) is 48.8 Å². The molecule has 0 atom stereocenters. The van der Waals surface area contributed by atoms with Gasteiger partial charge in [0.2, 0.25) is 0 Å². The number of para-hydroxylation sites is 1. The number of rotatable bonds is 2. The van der Waals surface area contributed by atoms with E-state index in [1.54, 1.807) is 0 Å². The van der Waals surface area contributed by atoms with Crippen LogP contribution in [0.1, 0.15) is 28.8 Å². The molecule has 124 valence electrons. The smallest absolute Gasteiger partial charge is 0.255 e. The molecule has 1 N–H and O–H groups in total. The van der Waals surface area contributed by atoms with Gasteiger partial charge < -0.3 is 10.1 Å². The maximum atomic E-state index is 12.5. The summed E-state index contributed by atoms with van der Waals surface area (Å²) in [4.78, 5) is 19.0. The largest absolute Gasteiger partial charge is 0.490 e. The average molecular weight is 323 g/mol. The Morgan fingerprint density at radius 2 is 1.88 bits per heavy atom. The number of ether oxygens (including phenoxy) is 1. The first-order valence-electron chi connectivity index (χ1n) is 8.40. The van der Waals surface area contributed by atoms with Gasteiger partial charge in [-0.05, 0) is 42.7 Å². The summed E-state index contributed by atoms with van der Waals surface area (Å²) >= 11 is 0. The van der Waals surface area contributed by atoms with E-state index in [1.807, 2.05) is 36.7 Å². The highest BCUT2D eigenvalue weighted by Gasteiger charge is 2.39. The minimum absolute atomic E-state index is 0.0225. The predicted octanol–water partition coefficient (Wildman–Crippen LogP) is 2.24. The van der Waals surface area contributed by atoms with E-state index >= 15 is 0 Å². The maximum Gasteiger partial charge on any atom is 0.255 e. The number of piperidine rings is 1. The fourth-order valence-electron chi connectivity index (χ4n) is 3.50. The monoisotopic (exact) mass is 323 g/mol. The molecule has 0 aliphatic carbocycles. The number of fused-ring (bicyclic) bond motifs is 1. The molecule has 1 fully saturated rings. The van der Waals surface area contributed by atoms with Gasteiger partial charge in [-0.2, -0.15) is 0 Å². The molecule has 0 unspecified atom stereocenters. The molecule has 1 aromatic carbocycles. The molecule has 1 spiro atoms. The molecule has 5 heteroatoms. The van der Waals surface area contributed by atoms with Gasteiger partial charge in [0.15, 0.2) is 0 Å². The zero-order valence-corrected chi connectivity index (χ0v) is 13.6. The number of aromatic nitrogens is 1. The first kappa shape index (κ1) is 15.1. The Bertz CT molecular complexity index is 724. The lowest BCUT2D eigenvalue weighted by Crippen LogP contribution is -2.57. The first-order valence-corrected chi connectivity index (χ1v) is 8.40. The Morgan fingerprint density at radius 3 is 2.67 bits per heavy atom. The minimum Gasteiger partial charge on any atom is -0.490 e. The van der Waals surface area contributed by atoms with Crippen molar-refractivity contribution in [3.8, 4) is 5.75 Å². The van der Waals surface area contributed by atoms with Crippen molar-refractivity contribution in [2.75, 3.05) is 19.7 Å². The van der Waals surface area contributed by atoms with E-state index in [1.165, 1.54) is 5.56 Å². The van der Waals surface area contributed by atoms with Crippen molar-refractivity contribution in [3.05, 3.63) is 59.9 Å². The third-order valence-corrected chi connectivity index (χ3v) is 4.98. The number of benzene rings is 1. The minimum atomic E-state index is -0.259. The zero-order valence-electron chi connectivity index (χ0n) is 13.6. The van der Waals surface area contributed by atoms with Gasteiger partial charge in [0, 0.05) is 32.0 Å². The molecule has 0 saturated carbocycles. The number of carbonyl (C=O) groups is 1. The van der Waals surface area contributed by atoms with E-state index in [9.17, 15) is 4.79 Å². The van der Waals surface area contributed by atoms with Crippen LogP contribution in [0.5, 0.6) is 5.75 Å². The van der Waals surface area contributed by atoms with Crippen LogP contribution in [0.2, 0.25) is 0 Å². The summed E-state index contributed by atoms with van der Waals surface area (Å²) in [7, 11) is 0. The van der Waals surface area contributed by atoms with Gasteiger partial charge in [-0.3, -0.25) is 14.7 Å². The van der Waals surface area contributed by atoms with Crippen molar-refractivity contribution in [2.45, 2.75) is 24.9 Å². The van der Waals surface area contributed by atoms with Gasteiger partial charge in [-0.25, -0.2) is 0 Å². The second-order valence-corrected chi connectivity index (χ2v) is 6.65. The molecule has 1 saturated heterocycles. The zero-order chi connectivity index (χ0) is 16.4. The van der Waals surface area contributed by atoms with E-state index in [2.05, 4.69) is 27.3 Å². The third-order valence-electron chi connectivity index (χ3n) is 4.98. The second kappa shape index (κ2) is 6.24. The van der Waals surface area contributed by atoms with Crippen molar-refractivity contribution < 1.29 is 9.53 Å². The van der Waals surface area contributed by atoms with E-state index < -0.39 is 0 Å². The lowest BCUT2D eigenvalue weighted by molar-refractivity contribution is 0.0709. The number of nitrogens with one attached hydrogen (secondary N) is 1. The van der Waals surface area contributed by atoms with Crippen molar-refractivity contribution in [3.63, 3.8) is 0 Å². The summed E-state index contributed by atoms with van der Waals surface area (Å²) in [5, 5.41) is 3.23. The number of hydrogen-bond donors (Lipinski definition) is 1. The predicted molar refractivity (Wildman–Crippen MR) is 90.9 cm³/mol. The van der Waals surface area contributed by atoms with E-state index in [-0.39, 0.29) is 11.4 Å². The molecule has 2 aliphatic rings. The molecule has 2 aliphatic heterocycles. The second-order valence-electron chi connectivity index (χ2n) is 6.65. The number of amides is 1. The van der Waals surface area contributed by atoms with E-state index in [0.29, 0.717) is 17.9 Å². The first-order chi connectivity index (χ1) is 11.7. The number of carbonyl (C=O) groups excluding carboxylic acids is 1. The molecular weight excluding hydrogens is 302 g/mol. The molecule has 3 heterocycles. The Hall–Kier alpha value is -2.40. The van der Waals surface area contributed by atoms with Gasteiger partial charge in [0.1, 0.15) is 12.4 Å². The van der Waals surface area contributed by atoms with Crippen LogP contribution in [0, 0.1) is 0 Å². The maximum absolute atomic E-state index is 12.5. The van der Waals surface area contributed by atoms with Crippen LogP contribution in [0.4, 0.5) is 0 Å². The summed E-state index contributed by atoms with van der Waals surface area (Å²) in [5.74, 6) is 0.664. The molecule has 0 radical (unpaired) electrons. The van der Waals surface area contributed by atoms with E-state index in [0.717, 1.165) is 32.5 Å². The number of nitrogens with zero attached hydrogens (tertiary/aromatic N) is 2. The molecule has 0 bridgehead atoms. The van der Waals surface area contributed by atoms with Crippen LogP contribution < -0.4 is 10.1 Å². The van der Waals surface area contributed by atoms with Crippen molar-refractivity contribution in [1.82, 2.24) is 15.2 Å². The third kappa shape index (κ3) is 2.99. The van der Waals surface area contributed by atoms with Crippen LogP contribution in [0.3, 0.4) is 0 Å². The topological polar surface area (TPSA) is 54.5 Å². The van der Waals surface area contributed by atoms with Gasteiger partial charge in [0.25, 0.3) is 5.91 Å². The lowest BCUT2D eigenvalue weighted by atomic mass is 9.88. The fourth-order valence-corrected chi connectivity index (χ4v) is 3.50. The van der Waals surface area contributed by atoms with Crippen LogP contribution >= 0.6 is 0 Å². The summed E-state index contributed by atoms with van der Waals surface area (Å²) in [6, 6.07) is 11.6. The number of pyridine rings is 1. The fraction of sp³-hybridized carbons (Fsp3) is 0.368. The van der Waals surface area contributed by atoms with Crippen molar-refractivity contribution in [1.29, 1.82) is 0 Å². The van der Waals surface area contributed by atoms with Gasteiger partial charge in [-0.1, -0.05) is 12.1 Å². The van der Waals surface area contributed by atoms with Gasteiger partial charge in [0.05, 0.1) is 11.1 Å². The number of likely N-dealkylation sites (tertiary alicyclic amines) is 1. The SMILES string of the molecule is O=C1NC2(CCN(Cc3ccncc3)CC2)COc2ccccc21. The average Bonchev–Trinajstić information content (AvgIpc) is 2.76. The highest BCUT2D eigenvalue weighted by Crippen LogP contribution is 2.30. The molecule has 1 aromatic heterocycles. The standard InChI is InChI=1S/C19H21N3O2/c23-18-16-3-1-2-4-17(16)24-14-19(21-18)7-11-22(12-8-19)13-15-5-9-20-10-6-15/h1-6,9-10H,7-8,11-14H2,(H,21,23). The Labute approximate surface area is 141 Å². The Balaban J connectivity index is 1.43. The van der Waals surface area contributed by atoms with Crippen LogP contribution in [0.25, 0.3) is 0 Å². The van der Waals surface area contributed by atoms with Crippen LogP contribution in [-0.2, 0) is 6.54 Å². The molecule has 4 rings (SSSR count). The molecule has 2 aromatic rings. The molecule has 5 nitrogen and oxygen atoms in total. The van der Waals surface area contributed by atoms with Gasteiger partial charge >= 0.3 is 0 Å². The Kier molecular flexibility index (Phi) is 3.94. The summed E-state index contributed by atoms with van der Waals surface area (Å²) in [5.41, 5.74) is 1.65. The highest BCUT2D eigenvalue weighted by atomic mass is 16.5. The van der Waals surface area contributed by atoms with Crippen LogP contribution in [-0.4, -0.2) is 41.0 Å². The molecule has 24 heavy (non-hydrogen) atoms. The highest BCUT2D eigenvalue weighted by molar-refractivity contribution is 5.97. The van der Waals surface area contributed by atoms with Crippen molar-refractivity contribution in [2.24, 2.45) is 0 Å². The number of hydrogen-bond acceptors (Lipinski definition) is 4. The molecule has 1 amide bonds. The quantitative estimate of drug-likeness (QED) is 0.921. The van der Waals surface area contributed by atoms with E-state index in [4.69, 9.17) is 4.74 Å².